The number of nitrogens with zero attached hydrogens (tertiary/aromatic N) is 1. The Morgan fingerprint density at radius 2 is 1.88 bits per heavy atom. The molecule has 0 radical (unpaired) electrons. The van der Waals surface area contributed by atoms with Crippen molar-refractivity contribution in [2.45, 2.75) is 26.8 Å². The van der Waals surface area contributed by atoms with Gasteiger partial charge >= 0.3 is 0 Å². The van der Waals surface area contributed by atoms with Gasteiger partial charge in [0.2, 0.25) is 0 Å². The summed E-state index contributed by atoms with van der Waals surface area (Å²) in [6, 6.07) is 0.0856. The Hall–Kier alpha value is -0.400. The molecule has 0 aromatic heterocycles. The summed E-state index contributed by atoms with van der Waals surface area (Å²) in [4.78, 5) is 9.94. The van der Waals surface area contributed by atoms with Gasteiger partial charge in [0.25, 0.3) is 0 Å². The molecule has 0 saturated heterocycles. The monoisotopic (exact) mass is 113 g/mol. The van der Waals surface area contributed by atoms with Crippen LogP contribution in [0.3, 0.4) is 0 Å². The van der Waals surface area contributed by atoms with Gasteiger partial charge in [-0.1, -0.05) is 25.9 Å². The van der Waals surface area contributed by atoms with Gasteiger partial charge in [0.05, 0.1) is 0 Å². The summed E-state index contributed by atoms with van der Waals surface area (Å²) in [5, 5.41) is 2.98. The minimum Gasteiger partial charge on any atom is -0.150 e. The van der Waals surface area contributed by atoms with Crippen molar-refractivity contribution in [1.82, 2.24) is 0 Å². The zero-order valence-corrected chi connectivity index (χ0v) is 5.51. The van der Waals surface area contributed by atoms with Gasteiger partial charge in [0.15, 0.2) is 0 Å². The van der Waals surface area contributed by atoms with Gasteiger partial charge in [0.1, 0.15) is 6.04 Å². The molecule has 2 nitrogen and oxygen atoms in total. The van der Waals surface area contributed by atoms with E-state index in [9.17, 15) is 4.91 Å². The zero-order valence-electron chi connectivity index (χ0n) is 5.51. The van der Waals surface area contributed by atoms with Crippen LogP contribution < -0.4 is 0 Å². The SMILES string of the molecule is CC1C(N=O)C1(C)C. The Morgan fingerprint density at radius 1 is 1.50 bits per heavy atom. The van der Waals surface area contributed by atoms with E-state index in [1.165, 1.54) is 0 Å². The molecular formula is C6H11NO. The molecule has 2 heteroatoms. The van der Waals surface area contributed by atoms with Crippen LogP contribution >= 0.6 is 0 Å². The van der Waals surface area contributed by atoms with E-state index in [4.69, 9.17) is 0 Å². The lowest BCUT2D eigenvalue weighted by Gasteiger charge is -1.92. The highest BCUT2D eigenvalue weighted by Crippen LogP contribution is 2.53. The van der Waals surface area contributed by atoms with Gasteiger partial charge in [-0.2, -0.15) is 4.91 Å². The van der Waals surface area contributed by atoms with Crippen LogP contribution in [0.25, 0.3) is 0 Å². The lowest BCUT2D eigenvalue weighted by atomic mass is 10.1. The molecule has 2 atom stereocenters. The van der Waals surface area contributed by atoms with Crippen molar-refractivity contribution in [1.29, 1.82) is 0 Å². The molecule has 0 aromatic rings. The standard InChI is InChI=1S/C6H11NO/c1-4-5(7-8)6(4,2)3/h4-5H,1-3H3. The van der Waals surface area contributed by atoms with Crippen LogP contribution in [0.15, 0.2) is 5.18 Å². The van der Waals surface area contributed by atoms with Crippen LogP contribution in [0.4, 0.5) is 0 Å². The van der Waals surface area contributed by atoms with Gasteiger partial charge in [-0.3, -0.25) is 0 Å². The topological polar surface area (TPSA) is 29.4 Å². The normalized spacial score (nSPS) is 41.4. The Balaban J connectivity index is 2.57. The first-order valence-corrected chi connectivity index (χ1v) is 2.93. The average molecular weight is 113 g/mol. The molecule has 1 rings (SSSR count). The molecule has 1 aliphatic rings. The third-order valence-electron chi connectivity index (χ3n) is 2.41. The minimum atomic E-state index is 0.0856. The van der Waals surface area contributed by atoms with E-state index >= 15 is 0 Å². The van der Waals surface area contributed by atoms with E-state index in [0.29, 0.717) is 5.92 Å². The van der Waals surface area contributed by atoms with Gasteiger partial charge < -0.3 is 0 Å². The van der Waals surface area contributed by atoms with Gasteiger partial charge in [0, 0.05) is 0 Å². The largest absolute Gasteiger partial charge is 0.150 e. The highest BCUT2D eigenvalue weighted by atomic mass is 16.3. The maximum Gasteiger partial charge on any atom is 0.100 e. The van der Waals surface area contributed by atoms with Crippen molar-refractivity contribution in [3.8, 4) is 0 Å². The number of rotatable bonds is 1. The number of hydrogen-bond acceptors (Lipinski definition) is 2. The van der Waals surface area contributed by atoms with E-state index < -0.39 is 0 Å². The molecule has 2 unspecified atom stereocenters. The van der Waals surface area contributed by atoms with E-state index in [0.717, 1.165) is 0 Å². The first-order valence-electron chi connectivity index (χ1n) is 2.93. The highest BCUT2D eigenvalue weighted by Gasteiger charge is 2.56. The second-order valence-corrected chi connectivity index (χ2v) is 3.16. The van der Waals surface area contributed by atoms with Gasteiger partial charge in [-0.15, -0.1) is 0 Å². The third kappa shape index (κ3) is 0.487. The van der Waals surface area contributed by atoms with Crippen molar-refractivity contribution < 1.29 is 0 Å². The van der Waals surface area contributed by atoms with E-state index in [1.807, 2.05) is 0 Å². The maximum atomic E-state index is 9.94. The van der Waals surface area contributed by atoms with E-state index in [2.05, 4.69) is 25.9 Å². The fourth-order valence-electron chi connectivity index (χ4n) is 1.09. The molecule has 1 aliphatic carbocycles. The molecule has 0 bridgehead atoms. The molecule has 0 heterocycles. The zero-order chi connectivity index (χ0) is 6.36. The second kappa shape index (κ2) is 1.30. The fraction of sp³-hybridized carbons (Fsp3) is 1.00. The predicted molar refractivity (Wildman–Crippen MR) is 32.5 cm³/mol. The van der Waals surface area contributed by atoms with Crippen molar-refractivity contribution in [3.05, 3.63) is 4.91 Å². The second-order valence-electron chi connectivity index (χ2n) is 3.16. The first-order chi connectivity index (χ1) is 3.60. The number of hydrogen-bond donors (Lipinski definition) is 0. The molecule has 0 N–H and O–H groups in total. The van der Waals surface area contributed by atoms with E-state index in [1.54, 1.807) is 0 Å². The first kappa shape index (κ1) is 5.73. The smallest absolute Gasteiger partial charge is 0.100 e. The summed E-state index contributed by atoms with van der Waals surface area (Å²) in [5.74, 6) is 0.500. The van der Waals surface area contributed by atoms with Crippen LogP contribution in [-0.4, -0.2) is 6.04 Å². The molecule has 0 spiro atoms. The molecular weight excluding hydrogens is 102 g/mol. The summed E-state index contributed by atoms with van der Waals surface area (Å²) >= 11 is 0. The summed E-state index contributed by atoms with van der Waals surface area (Å²) in [5.41, 5.74) is 0.196. The average Bonchev–Trinajstić information content (AvgIpc) is 2.09. The summed E-state index contributed by atoms with van der Waals surface area (Å²) in [6.45, 7) is 6.21. The predicted octanol–water partition coefficient (Wildman–Crippen LogP) is 1.80. The number of nitroso groups, excluding NO2 is 1. The third-order valence-corrected chi connectivity index (χ3v) is 2.41. The summed E-state index contributed by atoms with van der Waals surface area (Å²) in [7, 11) is 0. The van der Waals surface area contributed by atoms with Crippen molar-refractivity contribution in [2.24, 2.45) is 16.5 Å². The van der Waals surface area contributed by atoms with Crippen molar-refractivity contribution in [2.75, 3.05) is 0 Å². The van der Waals surface area contributed by atoms with Crippen LogP contribution in [0.1, 0.15) is 20.8 Å². The molecule has 8 heavy (non-hydrogen) atoms. The Labute approximate surface area is 49.3 Å². The van der Waals surface area contributed by atoms with Gasteiger partial charge in [-0.05, 0) is 11.3 Å². The van der Waals surface area contributed by atoms with Crippen LogP contribution in [0.2, 0.25) is 0 Å². The fourth-order valence-corrected chi connectivity index (χ4v) is 1.09. The Morgan fingerprint density at radius 3 is 1.88 bits per heavy atom. The molecule has 1 fully saturated rings. The molecule has 0 aliphatic heterocycles. The maximum absolute atomic E-state index is 9.94. The van der Waals surface area contributed by atoms with Crippen LogP contribution in [0.5, 0.6) is 0 Å². The van der Waals surface area contributed by atoms with Crippen LogP contribution in [-0.2, 0) is 0 Å². The summed E-state index contributed by atoms with van der Waals surface area (Å²) < 4.78 is 0. The molecule has 0 aromatic carbocycles. The highest BCUT2D eigenvalue weighted by molar-refractivity contribution is 5.08. The van der Waals surface area contributed by atoms with E-state index in [-0.39, 0.29) is 11.5 Å². The van der Waals surface area contributed by atoms with Crippen LogP contribution in [0, 0.1) is 16.2 Å². The quantitative estimate of drug-likeness (QED) is 0.477. The molecule has 0 amide bonds. The Bertz CT molecular complexity index is 120. The van der Waals surface area contributed by atoms with Crippen molar-refractivity contribution >= 4 is 0 Å². The Kier molecular flexibility index (Phi) is 0.934. The lowest BCUT2D eigenvalue weighted by molar-refractivity contribution is 0.573. The van der Waals surface area contributed by atoms with Gasteiger partial charge in [-0.25, -0.2) is 0 Å². The van der Waals surface area contributed by atoms with Crippen molar-refractivity contribution in [3.63, 3.8) is 0 Å². The molecule has 1 saturated carbocycles. The molecule has 46 valence electrons. The minimum absolute atomic E-state index is 0.0856. The lowest BCUT2D eigenvalue weighted by Crippen LogP contribution is -1.89. The summed E-state index contributed by atoms with van der Waals surface area (Å²) in [6.07, 6.45) is 0.